The van der Waals surface area contributed by atoms with Gasteiger partial charge in [-0.1, -0.05) is 29.8 Å². The number of amides is 1. The van der Waals surface area contributed by atoms with Crippen LogP contribution < -0.4 is 5.32 Å². The van der Waals surface area contributed by atoms with Crippen LogP contribution in [-0.4, -0.2) is 29.6 Å². The minimum Gasteiger partial charge on any atom is -0.472 e. The molecular weight excluding hydrogens is 410 g/mol. The normalized spacial score (nSPS) is 21.7. The minimum atomic E-state index is -1.47. The molecular formula is C22H24ClNO6. The molecule has 1 aliphatic rings. The van der Waals surface area contributed by atoms with Gasteiger partial charge >= 0.3 is 12.1 Å². The molecule has 8 heteroatoms. The molecule has 1 amide bonds. The van der Waals surface area contributed by atoms with Crippen LogP contribution in [0.3, 0.4) is 0 Å². The molecule has 1 heterocycles. The molecule has 0 unspecified atom stereocenters. The molecule has 1 N–H and O–H groups in total. The van der Waals surface area contributed by atoms with Gasteiger partial charge in [0.05, 0.1) is 11.8 Å². The third kappa shape index (κ3) is 4.67. The molecule has 30 heavy (non-hydrogen) atoms. The molecule has 1 fully saturated rings. The molecule has 1 aromatic heterocycles. The number of benzene rings is 1. The highest BCUT2D eigenvalue weighted by atomic mass is 35.5. The molecule has 1 aliphatic carbocycles. The molecule has 3 rings (SSSR count). The van der Waals surface area contributed by atoms with E-state index in [1.807, 2.05) is 0 Å². The van der Waals surface area contributed by atoms with Crippen molar-refractivity contribution >= 4 is 29.4 Å². The van der Waals surface area contributed by atoms with E-state index in [4.69, 9.17) is 25.5 Å². The summed E-state index contributed by atoms with van der Waals surface area (Å²) in [4.78, 5) is 38.6. The van der Waals surface area contributed by atoms with Crippen LogP contribution in [0.1, 0.15) is 56.0 Å². The Bertz CT molecular complexity index is 933. The van der Waals surface area contributed by atoms with Crippen LogP contribution >= 0.6 is 11.6 Å². The van der Waals surface area contributed by atoms with E-state index in [2.05, 4.69) is 5.32 Å². The monoisotopic (exact) mass is 433 g/mol. The number of carbonyl (C=O) groups excluding carboxylic acids is 3. The molecule has 0 radical (unpaired) electrons. The Morgan fingerprint density at radius 1 is 1.23 bits per heavy atom. The Hall–Kier alpha value is -2.80. The second-order valence-corrected chi connectivity index (χ2v) is 8.58. The van der Waals surface area contributed by atoms with Crippen molar-refractivity contribution < 1.29 is 28.3 Å². The van der Waals surface area contributed by atoms with Gasteiger partial charge in [0.15, 0.2) is 6.10 Å². The summed E-state index contributed by atoms with van der Waals surface area (Å²) in [5.41, 5.74) is -1.58. The zero-order valence-electron chi connectivity index (χ0n) is 17.1. The zero-order valence-corrected chi connectivity index (χ0v) is 17.8. The van der Waals surface area contributed by atoms with Gasteiger partial charge in [-0.05, 0) is 52.2 Å². The van der Waals surface area contributed by atoms with E-state index in [0.29, 0.717) is 29.8 Å². The fourth-order valence-corrected chi connectivity index (χ4v) is 3.81. The second-order valence-electron chi connectivity index (χ2n) is 8.17. The summed E-state index contributed by atoms with van der Waals surface area (Å²) in [6, 6.07) is 8.24. The number of ketones is 1. The number of hydrogen-bond acceptors (Lipinski definition) is 6. The number of hydrogen-bond donors (Lipinski definition) is 1. The lowest BCUT2D eigenvalue weighted by molar-refractivity contribution is -0.138. The number of ether oxygens (including phenoxy) is 2. The van der Waals surface area contributed by atoms with Crippen LogP contribution in [0.5, 0.6) is 0 Å². The van der Waals surface area contributed by atoms with Gasteiger partial charge in [-0.25, -0.2) is 9.59 Å². The number of alkyl carbamates (subject to hydrolysis) is 1. The van der Waals surface area contributed by atoms with E-state index >= 15 is 0 Å². The number of nitrogens with one attached hydrogen (secondary N) is 1. The minimum absolute atomic E-state index is 0.205. The van der Waals surface area contributed by atoms with Crippen molar-refractivity contribution in [1.82, 2.24) is 5.32 Å². The molecule has 2 aromatic rings. The molecule has 1 aromatic carbocycles. The van der Waals surface area contributed by atoms with Crippen LogP contribution in [0.4, 0.5) is 4.79 Å². The zero-order chi connectivity index (χ0) is 21.9. The first-order chi connectivity index (χ1) is 14.1. The Morgan fingerprint density at radius 3 is 2.60 bits per heavy atom. The van der Waals surface area contributed by atoms with Crippen molar-refractivity contribution in [2.45, 2.75) is 57.3 Å². The van der Waals surface area contributed by atoms with Gasteiger partial charge in [-0.2, -0.15) is 0 Å². The van der Waals surface area contributed by atoms with Crippen molar-refractivity contribution in [3.63, 3.8) is 0 Å². The first kappa shape index (κ1) is 21.9. The van der Waals surface area contributed by atoms with Gasteiger partial charge in [0.25, 0.3) is 0 Å². The smallest absolute Gasteiger partial charge is 0.408 e. The third-order valence-electron chi connectivity index (χ3n) is 4.79. The molecule has 2 atom stereocenters. The predicted octanol–water partition coefficient (Wildman–Crippen LogP) is 4.63. The maximum Gasteiger partial charge on any atom is 0.408 e. The topological polar surface area (TPSA) is 94.8 Å². The van der Waals surface area contributed by atoms with Crippen molar-refractivity contribution in [2.75, 3.05) is 0 Å². The number of rotatable bonds is 4. The van der Waals surface area contributed by atoms with Gasteiger partial charge in [0, 0.05) is 10.6 Å². The highest BCUT2D eigenvalue weighted by Gasteiger charge is 2.50. The lowest BCUT2D eigenvalue weighted by atomic mass is 9.74. The highest BCUT2D eigenvalue weighted by Crippen LogP contribution is 2.39. The molecule has 7 nitrogen and oxygen atoms in total. The number of Topliss-reactive ketones (excluding diaryl/α,β-unsaturated/α-hetero) is 1. The van der Waals surface area contributed by atoms with Crippen molar-refractivity contribution in [3.05, 3.63) is 59.0 Å². The molecule has 160 valence electrons. The molecule has 0 aliphatic heterocycles. The van der Waals surface area contributed by atoms with Crippen molar-refractivity contribution in [2.24, 2.45) is 0 Å². The van der Waals surface area contributed by atoms with Crippen LogP contribution in [0.25, 0.3) is 0 Å². The summed E-state index contributed by atoms with van der Waals surface area (Å²) in [7, 11) is 0. The summed E-state index contributed by atoms with van der Waals surface area (Å²) in [6.07, 6.45) is 1.95. The van der Waals surface area contributed by atoms with Crippen LogP contribution in [0.15, 0.2) is 47.3 Å². The SMILES string of the molecule is CC(C)(C)OC(=O)N[C@@]1(c2ccccc2Cl)CCC[C@@H](OC(=O)c2ccoc2)C1=O. The lowest BCUT2D eigenvalue weighted by Gasteiger charge is -2.40. The number of esters is 1. The summed E-state index contributed by atoms with van der Waals surface area (Å²) in [5.74, 6) is -1.13. The average Bonchev–Trinajstić information content (AvgIpc) is 3.19. The second kappa shape index (κ2) is 8.52. The van der Waals surface area contributed by atoms with E-state index < -0.39 is 35.1 Å². The standard InChI is InChI=1S/C22H24ClNO6/c1-21(2,3)30-20(27)24-22(15-7-4-5-8-16(15)23)11-6-9-17(18(22)25)29-19(26)14-10-12-28-13-14/h4-5,7-8,10,12-13,17H,6,9,11H2,1-3H3,(H,24,27)/t17-,22-/m1/s1. The fraction of sp³-hybridized carbons (Fsp3) is 0.409. The van der Waals surface area contributed by atoms with Crippen molar-refractivity contribution in [3.8, 4) is 0 Å². The molecule has 0 spiro atoms. The van der Waals surface area contributed by atoms with Crippen molar-refractivity contribution in [1.29, 1.82) is 0 Å². The lowest BCUT2D eigenvalue weighted by Crippen LogP contribution is -2.58. The van der Waals surface area contributed by atoms with E-state index in [1.165, 1.54) is 18.6 Å². The first-order valence-electron chi connectivity index (χ1n) is 9.66. The van der Waals surface area contributed by atoms with E-state index in [-0.39, 0.29) is 5.56 Å². The summed E-state index contributed by atoms with van der Waals surface area (Å²) in [5, 5.41) is 3.05. The Balaban J connectivity index is 1.94. The summed E-state index contributed by atoms with van der Waals surface area (Å²) >= 11 is 6.40. The average molecular weight is 434 g/mol. The number of furan rings is 1. The highest BCUT2D eigenvalue weighted by molar-refractivity contribution is 6.31. The Labute approximate surface area is 179 Å². The molecule has 1 saturated carbocycles. The first-order valence-corrected chi connectivity index (χ1v) is 10.0. The van der Waals surface area contributed by atoms with Gasteiger partial charge < -0.3 is 19.2 Å². The maximum atomic E-state index is 13.6. The number of halogens is 1. The van der Waals surface area contributed by atoms with Crippen LogP contribution in [0.2, 0.25) is 5.02 Å². The summed E-state index contributed by atoms with van der Waals surface area (Å²) in [6.45, 7) is 5.19. The Kier molecular flexibility index (Phi) is 6.22. The van der Waals surface area contributed by atoms with Gasteiger partial charge in [0.2, 0.25) is 5.78 Å². The quantitative estimate of drug-likeness (QED) is 0.706. The maximum absolute atomic E-state index is 13.6. The van der Waals surface area contributed by atoms with E-state index in [1.54, 1.807) is 45.0 Å². The predicted molar refractivity (Wildman–Crippen MR) is 109 cm³/mol. The van der Waals surface area contributed by atoms with Crippen LogP contribution in [0, 0.1) is 0 Å². The third-order valence-corrected chi connectivity index (χ3v) is 5.11. The number of carbonyl (C=O) groups is 3. The fourth-order valence-electron chi connectivity index (χ4n) is 3.52. The largest absolute Gasteiger partial charge is 0.472 e. The van der Waals surface area contributed by atoms with Gasteiger partial charge in [0.1, 0.15) is 17.4 Å². The molecule has 0 saturated heterocycles. The van der Waals surface area contributed by atoms with E-state index in [9.17, 15) is 14.4 Å². The Morgan fingerprint density at radius 2 is 1.97 bits per heavy atom. The van der Waals surface area contributed by atoms with E-state index in [0.717, 1.165) is 0 Å². The van der Waals surface area contributed by atoms with Crippen LogP contribution in [-0.2, 0) is 19.8 Å². The molecule has 0 bridgehead atoms. The van der Waals surface area contributed by atoms with Gasteiger partial charge in [-0.15, -0.1) is 0 Å². The van der Waals surface area contributed by atoms with Gasteiger partial charge in [-0.3, -0.25) is 4.79 Å². The summed E-state index contributed by atoms with van der Waals surface area (Å²) < 4.78 is 15.7.